The van der Waals surface area contributed by atoms with Crippen molar-refractivity contribution < 1.29 is 80.7 Å². The Labute approximate surface area is 362 Å². The Morgan fingerprint density at radius 3 is 1.12 bits per heavy atom. The molecule has 20 heteroatoms. The summed E-state index contributed by atoms with van der Waals surface area (Å²) < 4.78 is 80.8. The van der Waals surface area contributed by atoms with Crippen molar-refractivity contribution in [2.75, 3.05) is 70.6 Å². The van der Waals surface area contributed by atoms with E-state index in [-0.39, 0.29) is 75.0 Å². The maximum Gasteiger partial charge on any atom is 0.340 e. The number of rotatable bonds is 15. The van der Waals surface area contributed by atoms with Crippen molar-refractivity contribution in [1.29, 1.82) is 0 Å². The number of hydrogen-bond acceptors (Lipinski definition) is 17. The van der Waals surface area contributed by atoms with Gasteiger partial charge in [-0.3, -0.25) is 0 Å². The van der Waals surface area contributed by atoms with Gasteiger partial charge in [-0.1, -0.05) is 0 Å². The Bertz CT molecular complexity index is 1890. The zero-order chi connectivity index (χ0) is 41.0. The summed E-state index contributed by atoms with van der Waals surface area (Å²) in [5.74, 6) is -0.764. The summed E-state index contributed by atoms with van der Waals surface area (Å²) in [5.41, 5.74) is 0.0595. The molecule has 2 heterocycles. The van der Waals surface area contributed by atoms with E-state index in [0.717, 1.165) is 0 Å². The van der Waals surface area contributed by atoms with Crippen LogP contribution >= 0.6 is 67.8 Å². The lowest BCUT2D eigenvalue weighted by atomic mass is 9.99. The second-order valence-corrected chi connectivity index (χ2v) is 14.7. The predicted molar refractivity (Wildman–Crippen MR) is 219 cm³/mol. The fourth-order valence-corrected chi connectivity index (χ4v) is 8.63. The van der Waals surface area contributed by atoms with Crippen LogP contribution in [0, 0.1) is 10.7 Å². The highest BCUT2D eigenvalue weighted by atomic mass is 127. The minimum atomic E-state index is -1.50. The predicted octanol–water partition coefficient (Wildman–Crippen LogP) is 5.31. The zero-order valence-corrected chi connectivity index (χ0v) is 37.9. The van der Waals surface area contributed by atoms with Gasteiger partial charge in [0.25, 0.3) is 0 Å². The molecular weight excluding hydrogens is 1090 g/mol. The summed E-state index contributed by atoms with van der Waals surface area (Å²) in [6.45, 7) is -0.111. The molecule has 0 spiro atoms. The first-order valence-corrected chi connectivity index (χ1v) is 19.5. The number of fused-ring (bicyclic) bond motifs is 2. The molecule has 0 unspecified atom stereocenters. The first kappa shape index (κ1) is 43.5. The Balaban J connectivity index is 1.61. The van der Waals surface area contributed by atoms with Crippen LogP contribution in [-0.2, 0) is 23.7 Å². The van der Waals surface area contributed by atoms with Crippen LogP contribution in [0.1, 0.15) is 31.1 Å². The van der Waals surface area contributed by atoms with Gasteiger partial charge in [-0.05, 0) is 86.0 Å². The topological polar surface area (TPSA) is 180 Å². The number of methoxy groups -OCH3 is 9. The quantitative estimate of drug-likeness (QED) is 0.108. The van der Waals surface area contributed by atoms with Gasteiger partial charge in [0.2, 0.25) is 17.2 Å². The van der Waals surface area contributed by atoms with E-state index < -0.39 is 48.6 Å². The normalized spacial score (nSPS) is 19.6. The smallest absolute Gasteiger partial charge is 0.340 e. The minimum absolute atomic E-state index is 0.00774. The van der Waals surface area contributed by atoms with Gasteiger partial charge in [0.1, 0.15) is 6.10 Å². The van der Waals surface area contributed by atoms with E-state index in [9.17, 15) is 14.4 Å². The van der Waals surface area contributed by atoms with Crippen molar-refractivity contribution in [2.45, 2.75) is 30.7 Å². The molecule has 304 valence electrons. The van der Waals surface area contributed by atoms with Gasteiger partial charge in [0.05, 0.1) is 98.0 Å². The monoisotopic (exact) mass is 1120 g/mol. The lowest BCUT2D eigenvalue weighted by Gasteiger charge is -2.39. The average Bonchev–Trinajstić information content (AvgIpc) is 3.65. The van der Waals surface area contributed by atoms with Crippen LogP contribution in [0.15, 0.2) is 18.2 Å². The number of hydrogen-bond donors (Lipinski definition) is 0. The molecule has 0 aromatic heterocycles. The fraction of sp³-hybridized carbons (Fsp3) is 0.417. The molecule has 5 atom stereocenters. The largest absolute Gasteiger partial charge is 0.493 e. The number of carbonyl (C=O) groups excluding carboxylic acids is 3. The second-order valence-electron chi connectivity index (χ2n) is 11.5. The lowest BCUT2D eigenvalue weighted by Crippen LogP contribution is -2.58. The number of halogens is 3. The van der Waals surface area contributed by atoms with Gasteiger partial charge in [0.15, 0.2) is 59.1 Å². The van der Waals surface area contributed by atoms with Crippen molar-refractivity contribution >= 4 is 85.7 Å². The van der Waals surface area contributed by atoms with E-state index in [1.807, 2.05) is 67.8 Å². The van der Waals surface area contributed by atoms with E-state index in [4.69, 9.17) is 66.3 Å². The highest BCUT2D eigenvalue weighted by Gasteiger charge is 2.57. The molecule has 3 aromatic rings. The standard InChI is InChI=1S/C36H37I3O17/c1-43-17-10-14(21(37)28(49-7)24(17)46-4)33(40)54-27-20-13-52-36(53-20)32(56-35(42)16-12-19(45-3)26(48-6)30(51-9)23(16)39)31(27)55-34(41)15-11-18(44-2)25(47-5)29(50-8)22(15)38/h10-12,20,27,31-32,36H,13H2,1-9H3/t20-,27-,31+,32-,36-/m1/s1. The molecule has 5 rings (SSSR count). The van der Waals surface area contributed by atoms with Crippen LogP contribution in [0.2, 0.25) is 0 Å². The summed E-state index contributed by atoms with van der Waals surface area (Å²) in [4.78, 5) is 42.5. The van der Waals surface area contributed by atoms with E-state index in [1.165, 1.54) is 82.2 Å². The molecule has 0 N–H and O–H groups in total. The fourth-order valence-electron chi connectivity index (χ4n) is 6.11. The van der Waals surface area contributed by atoms with E-state index in [0.29, 0.717) is 10.7 Å². The van der Waals surface area contributed by atoms with Gasteiger partial charge in [-0.2, -0.15) is 0 Å². The maximum absolute atomic E-state index is 14.3. The summed E-state index contributed by atoms with van der Waals surface area (Å²) >= 11 is 5.75. The maximum atomic E-state index is 14.3. The number of carbonyl (C=O) groups is 3. The van der Waals surface area contributed by atoms with Crippen LogP contribution in [-0.4, -0.2) is 119 Å². The molecule has 17 nitrogen and oxygen atoms in total. The third-order valence-electron chi connectivity index (χ3n) is 8.71. The van der Waals surface area contributed by atoms with Crippen molar-refractivity contribution in [1.82, 2.24) is 0 Å². The third-order valence-corrected chi connectivity index (χ3v) is 11.9. The number of esters is 3. The zero-order valence-electron chi connectivity index (χ0n) is 31.4. The van der Waals surface area contributed by atoms with Crippen molar-refractivity contribution in [3.05, 3.63) is 45.6 Å². The molecule has 56 heavy (non-hydrogen) atoms. The van der Waals surface area contributed by atoms with Crippen LogP contribution in [0.4, 0.5) is 0 Å². The van der Waals surface area contributed by atoms with Crippen molar-refractivity contribution in [2.24, 2.45) is 0 Å². The molecule has 0 aliphatic carbocycles. The summed E-state index contributed by atoms with van der Waals surface area (Å²) in [6.07, 6.45) is -6.59. The first-order valence-electron chi connectivity index (χ1n) is 16.2. The van der Waals surface area contributed by atoms with Gasteiger partial charge >= 0.3 is 17.9 Å². The van der Waals surface area contributed by atoms with E-state index in [2.05, 4.69) is 0 Å². The summed E-state index contributed by atoms with van der Waals surface area (Å²) in [6, 6.07) is 4.25. The first-order chi connectivity index (χ1) is 26.9. The summed E-state index contributed by atoms with van der Waals surface area (Å²) in [7, 11) is 12.7. The van der Waals surface area contributed by atoms with Crippen LogP contribution in [0.25, 0.3) is 0 Å². The minimum Gasteiger partial charge on any atom is -0.493 e. The van der Waals surface area contributed by atoms with E-state index >= 15 is 0 Å². The van der Waals surface area contributed by atoms with Crippen molar-refractivity contribution in [3.8, 4) is 51.7 Å². The molecule has 2 bridgehead atoms. The SMILES string of the molecule is COc1cc(C(=O)O[C@@H]2[C@@H](OC(=O)c3cc(OC)c(OC)c(OC)c3I)[C@@H]3OC[C@@H](O3)[C@H]2OC(=O)c2cc(OC)c(OC)c(OC)c2I)c(I)c(OC)c1OC. The second kappa shape index (κ2) is 18.8. The van der Waals surface area contributed by atoms with Gasteiger partial charge in [-0.15, -0.1) is 0 Å². The highest BCUT2D eigenvalue weighted by molar-refractivity contribution is 14.1. The molecule has 2 saturated heterocycles. The van der Waals surface area contributed by atoms with Gasteiger partial charge in [0, 0.05) is 0 Å². The van der Waals surface area contributed by atoms with Crippen LogP contribution < -0.4 is 42.6 Å². The van der Waals surface area contributed by atoms with Gasteiger partial charge < -0.3 is 66.3 Å². The molecule has 0 amide bonds. The molecule has 0 radical (unpaired) electrons. The molecule has 3 aromatic carbocycles. The summed E-state index contributed by atoms with van der Waals surface area (Å²) in [5, 5.41) is 0. The Morgan fingerprint density at radius 2 is 0.804 bits per heavy atom. The Kier molecular flexibility index (Phi) is 14.6. The third kappa shape index (κ3) is 8.07. The van der Waals surface area contributed by atoms with Crippen molar-refractivity contribution in [3.63, 3.8) is 0 Å². The molecule has 2 aliphatic heterocycles. The van der Waals surface area contributed by atoms with Crippen LogP contribution in [0.5, 0.6) is 51.7 Å². The Morgan fingerprint density at radius 1 is 0.482 bits per heavy atom. The van der Waals surface area contributed by atoms with E-state index in [1.54, 1.807) is 0 Å². The Hall–Kier alpha value is -3.62. The highest BCUT2D eigenvalue weighted by Crippen LogP contribution is 2.46. The average molecular weight is 1120 g/mol. The molecule has 0 saturated carbocycles. The molecule has 2 fully saturated rings. The lowest BCUT2D eigenvalue weighted by molar-refractivity contribution is -0.228. The van der Waals surface area contributed by atoms with Crippen LogP contribution in [0.3, 0.4) is 0 Å². The van der Waals surface area contributed by atoms with Gasteiger partial charge in [-0.25, -0.2) is 14.4 Å². The molecule has 2 aliphatic rings. The molecular formula is C36H37I3O17. The number of benzene rings is 3. The number of ether oxygens (including phenoxy) is 14.